The van der Waals surface area contributed by atoms with E-state index >= 15 is 0 Å². The van der Waals surface area contributed by atoms with Crippen molar-refractivity contribution in [2.75, 3.05) is 18.1 Å². The summed E-state index contributed by atoms with van der Waals surface area (Å²) < 4.78 is 5.49. The van der Waals surface area contributed by atoms with Crippen molar-refractivity contribution in [2.24, 2.45) is 11.8 Å². The standard InChI is InChI=1S/C20H21NO2S/c1-3-16-6-4-7-17(12-16)21(13-18-8-5-11-24-18)20(22)19-9-10-23-14-15(19)2/h1,4-8,11-12,15,19H,9-10,13-14H2,2H3/t15-,19-/m1/s1. The van der Waals surface area contributed by atoms with Crippen LogP contribution in [0.1, 0.15) is 23.8 Å². The molecule has 0 N–H and O–H groups in total. The molecule has 124 valence electrons. The van der Waals surface area contributed by atoms with Gasteiger partial charge in [-0.25, -0.2) is 0 Å². The number of benzene rings is 1. The van der Waals surface area contributed by atoms with Gasteiger partial charge in [0.15, 0.2) is 0 Å². The van der Waals surface area contributed by atoms with Gasteiger partial charge in [0, 0.05) is 35.3 Å². The van der Waals surface area contributed by atoms with Crippen molar-refractivity contribution in [3.63, 3.8) is 0 Å². The number of nitrogens with zero attached hydrogens (tertiary/aromatic N) is 1. The Morgan fingerprint density at radius 3 is 3.00 bits per heavy atom. The predicted molar refractivity (Wildman–Crippen MR) is 98.0 cm³/mol. The molecule has 2 heterocycles. The number of carbonyl (C=O) groups excluding carboxylic acids is 1. The third-order valence-corrected chi connectivity index (χ3v) is 5.30. The fourth-order valence-corrected chi connectivity index (χ4v) is 3.76. The highest BCUT2D eigenvalue weighted by Gasteiger charge is 2.32. The van der Waals surface area contributed by atoms with Crippen molar-refractivity contribution in [1.29, 1.82) is 0 Å². The van der Waals surface area contributed by atoms with Gasteiger partial charge in [-0.2, -0.15) is 0 Å². The van der Waals surface area contributed by atoms with Gasteiger partial charge in [-0.3, -0.25) is 4.79 Å². The maximum atomic E-state index is 13.3. The van der Waals surface area contributed by atoms with Gasteiger partial charge in [-0.1, -0.05) is 25.0 Å². The molecule has 3 rings (SSSR count). The van der Waals surface area contributed by atoms with E-state index < -0.39 is 0 Å². The van der Waals surface area contributed by atoms with Crippen LogP contribution in [-0.4, -0.2) is 19.1 Å². The Kier molecular flexibility index (Phi) is 5.34. The van der Waals surface area contributed by atoms with E-state index in [1.54, 1.807) is 11.3 Å². The molecule has 1 aliphatic heterocycles. The van der Waals surface area contributed by atoms with Crippen molar-refractivity contribution in [3.8, 4) is 12.3 Å². The lowest BCUT2D eigenvalue weighted by atomic mass is 9.88. The predicted octanol–water partition coefficient (Wildman–Crippen LogP) is 3.94. The van der Waals surface area contributed by atoms with Gasteiger partial charge in [-0.15, -0.1) is 17.8 Å². The summed E-state index contributed by atoms with van der Waals surface area (Å²) in [5.74, 6) is 3.04. The lowest BCUT2D eigenvalue weighted by Crippen LogP contribution is -2.41. The number of hydrogen-bond donors (Lipinski definition) is 0. The molecule has 0 bridgehead atoms. The third kappa shape index (κ3) is 3.69. The molecule has 1 fully saturated rings. The molecule has 0 radical (unpaired) electrons. The summed E-state index contributed by atoms with van der Waals surface area (Å²) in [5, 5.41) is 2.03. The van der Waals surface area contributed by atoms with Crippen molar-refractivity contribution in [3.05, 3.63) is 52.2 Å². The second-order valence-corrected chi connectivity index (χ2v) is 7.18. The number of rotatable bonds is 4. The van der Waals surface area contributed by atoms with Gasteiger partial charge in [0.1, 0.15) is 0 Å². The van der Waals surface area contributed by atoms with Gasteiger partial charge in [-0.05, 0) is 42.0 Å². The van der Waals surface area contributed by atoms with Gasteiger partial charge in [0.25, 0.3) is 0 Å². The fraction of sp³-hybridized carbons (Fsp3) is 0.350. The topological polar surface area (TPSA) is 29.5 Å². The van der Waals surface area contributed by atoms with Crippen LogP contribution in [0, 0.1) is 24.2 Å². The number of terminal acetylenes is 1. The minimum absolute atomic E-state index is 0.00629. The Labute approximate surface area is 147 Å². The van der Waals surface area contributed by atoms with E-state index in [2.05, 4.69) is 18.9 Å². The Balaban J connectivity index is 1.91. The van der Waals surface area contributed by atoms with Crippen molar-refractivity contribution in [2.45, 2.75) is 19.9 Å². The summed E-state index contributed by atoms with van der Waals surface area (Å²) in [5.41, 5.74) is 1.65. The number of carbonyl (C=O) groups is 1. The minimum Gasteiger partial charge on any atom is -0.381 e. The second-order valence-electron chi connectivity index (χ2n) is 6.15. The molecule has 1 aliphatic rings. The molecular formula is C20H21NO2S. The zero-order valence-corrected chi connectivity index (χ0v) is 14.6. The Morgan fingerprint density at radius 1 is 1.42 bits per heavy atom. The van der Waals surface area contributed by atoms with E-state index in [1.165, 1.54) is 0 Å². The summed E-state index contributed by atoms with van der Waals surface area (Å²) in [6.45, 7) is 3.96. The summed E-state index contributed by atoms with van der Waals surface area (Å²) in [4.78, 5) is 16.3. The highest BCUT2D eigenvalue weighted by atomic mass is 32.1. The zero-order valence-electron chi connectivity index (χ0n) is 13.8. The van der Waals surface area contributed by atoms with Crippen molar-refractivity contribution >= 4 is 22.9 Å². The van der Waals surface area contributed by atoms with Crippen LogP contribution >= 0.6 is 11.3 Å². The highest BCUT2D eigenvalue weighted by Crippen LogP contribution is 2.28. The van der Waals surface area contributed by atoms with Crippen LogP contribution < -0.4 is 4.90 Å². The first-order valence-electron chi connectivity index (χ1n) is 8.17. The molecule has 0 aliphatic carbocycles. The molecule has 2 atom stereocenters. The van der Waals surface area contributed by atoms with E-state index in [-0.39, 0.29) is 17.7 Å². The van der Waals surface area contributed by atoms with E-state index in [0.717, 1.165) is 22.5 Å². The van der Waals surface area contributed by atoms with Crippen LogP contribution in [0.25, 0.3) is 0 Å². The average Bonchev–Trinajstić information content (AvgIpc) is 3.13. The van der Waals surface area contributed by atoms with Gasteiger partial charge in [0.2, 0.25) is 5.91 Å². The molecule has 2 aromatic rings. The zero-order chi connectivity index (χ0) is 16.9. The van der Waals surface area contributed by atoms with E-state index in [0.29, 0.717) is 19.8 Å². The van der Waals surface area contributed by atoms with Crippen LogP contribution in [0.15, 0.2) is 41.8 Å². The molecule has 0 spiro atoms. The van der Waals surface area contributed by atoms with Crippen LogP contribution in [0.4, 0.5) is 5.69 Å². The Hall–Kier alpha value is -2.09. The summed E-state index contributed by atoms with van der Waals surface area (Å²) in [6.07, 6.45) is 6.30. The monoisotopic (exact) mass is 339 g/mol. The molecule has 1 aromatic carbocycles. The first-order chi connectivity index (χ1) is 11.7. The number of thiophene rings is 1. The summed E-state index contributed by atoms with van der Waals surface area (Å²) in [7, 11) is 0. The SMILES string of the molecule is C#Cc1cccc(N(Cc2cccs2)C(=O)[C@@H]2CCOC[C@H]2C)c1. The molecule has 1 amide bonds. The molecule has 3 nitrogen and oxygen atoms in total. The van der Waals surface area contributed by atoms with Crippen LogP contribution in [-0.2, 0) is 16.1 Å². The van der Waals surface area contributed by atoms with E-state index in [4.69, 9.17) is 11.2 Å². The molecule has 0 unspecified atom stereocenters. The van der Waals surface area contributed by atoms with Gasteiger partial charge < -0.3 is 9.64 Å². The molecule has 1 saturated heterocycles. The summed E-state index contributed by atoms with van der Waals surface area (Å²) >= 11 is 1.66. The minimum atomic E-state index is -0.00629. The largest absolute Gasteiger partial charge is 0.381 e. The first-order valence-corrected chi connectivity index (χ1v) is 9.05. The maximum Gasteiger partial charge on any atom is 0.230 e. The van der Waals surface area contributed by atoms with Gasteiger partial charge in [0.05, 0.1) is 6.54 Å². The third-order valence-electron chi connectivity index (χ3n) is 4.44. The molecule has 1 aromatic heterocycles. The summed E-state index contributed by atoms with van der Waals surface area (Å²) in [6, 6.07) is 11.7. The van der Waals surface area contributed by atoms with E-state index in [9.17, 15) is 4.79 Å². The van der Waals surface area contributed by atoms with Crippen molar-refractivity contribution < 1.29 is 9.53 Å². The number of anilines is 1. The fourth-order valence-electron chi connectivity index (χ4n) is 3.07. The molecule has 24 heavy (non-hydrogen) atoms. The molecule has 4 heteroatoms. The van der Waals surface area contributed by atoms with Crippen LogP contribution in [0.2, 0.25) is 0 Å². The first kappa shape index (κ1) is 16.8. The smallest absolute Gasteiger partial charge is 0.230 e. The van der Waals surface area contributed by atoms with E-state index in [1.807, 2.05) is 40.6 Å². The molecular weight excluding hydrogens is 318 g/mol. The lowest BCUT2D eigenvalue weighted by Gasteiger charge is -2.33. The van der Waals surface area contributed by atoms with Crippen LogP contribution in [0.3, 0.4) is 0 Å². The van der Waals surface area contributed by atoms with Crippen molar-refractivity contribution in [1.82, 2.24) is 0 Å². The van der Waals surface area contributed by atoms with Crippen LogP contribution in [0.5, 0.6) is 0 Å². The quantitative estimate of drug-likeness (QED) is 0.790. The number of hydrogen-bond acceptors (Lipinski definition) is 3. The Morgan fingerprint density at radius 2 is 2.29 bits per heavy atom. The Bertz CT molecular complexity index is 732. The lowest BCUT2D eigenvalue weighted by molar-refractivity contribution is -0.128. The maximum absolute atomic E-state index is 13.3. The average molecular weight is 339 g/mol. The number of amides is 1. The second kappa shape index (κ2) is 7.65. The number of ether oxygens (including phenoxy) is 1. The molecule has 0 saturated carbocycles. The normalized spacial score (nSPS) is 20.3. The highest BCUT2D eigenvalue weighted by molar-refractivity contribution is 7.09. The van der Waals surface area contributed by atoms with Gasteiger partial charge >= 0.3 is 0 Å².